The van der Waals surface area contributed by atoms with E-state index < -0.39 is 0 Å². The van der Waals surface area contributed by atoms with E-state index >= 15 is 0 Å². The normalized spacial score (nSPS) is 12.8. The zero-order valence-electron chi connectivity index (χ0n) is 14.8. The van der Waals surface area contributed by atoms with E-state index in [0.717, 1.165) is 12.1 Å². The summed E-state index contributed by atoms with van der Waals surface area (Å²) in [5.74, 6) is 0. The van der Waals surface area contributed by atoms with Gasteiger partial charge in [-0.05, 0) is 30.1 Å². The largest absolute Gasteiger partial charge is 3.00 e. The summed E-state index contributed by atoms with van der Waals surface area (Å²) in [6.07, 6.45) is 5.47. The van der Waals surface area contributed by atoms with E-state index in [1.807, 2.05) is 18.2 Å². The molecule has 0 N–H and O–H groups in total. The molecule has 2 aromatic rings. The minimum atomic E-state index is -0.256. The Kier molecular flexibility index (Phi) is 9.83. The molecule has 0 saturated carbocycles. The SMILES string of the molecule is CC1=C(c2ccccc2C(C)(C)[N-]c2ccccc2)CC=C1.[Cl-].[Cl-].[Ti+3]. The van der Waals surface area contributed by atoms with Gasteiger partial charge in [0.25, 0.3) is 0 Å². The van der Waals surface area contributed by atoms with Gasteiger partial charge in [-0.3, -0.25) is 0 Å². The van der Waals surface area contributed by atoms with Gasteiger partial charge in [-0.25, -0.2) is 0 Å². The van der Waals surface area contributed by atoms with Crippen molar-refractivity contribution in [1.82, 2.24) is 0 Å². The molecule has 1 aliphatic rings. The Morgan fingerprint density at radius 2 is 1.48 bits per heavy atom. The quantitative estimate of drug-likeness (QED) is 0.651. The molecular formula is C21H22Cl2NTi. The number of hydrogen-bond donors (Lipinski definition) is 0. The Hall–Kier alpha value is -0.986. The molecule has 4 heteroatoms. The van der Waals surface area contributed by atoms with E-state index in [1.165, 1.54) is 22.3 Å². The zero-order valence-corrected chi connectivity index (χ0v) is 17.8. The summed E-state index contributed by atoms with van der Waals surface area (Å²) in [6.45, 7) is 6.57. The fourth-order valence-electron chi connectivity index (χ4n) is 3.10. The van der Waals surface area contributed by atoms with E-state index in [0.29, 0.717) is 0 Å². The Morgan fingerprint density at radius 3 is 2.08 bits per heavy atom. The van der Waals surface area contributed by atoms with Crippen LogP contribution in [0.15, 0.2) is 72.3 Å². The van der Waals surface area contributed by atoms with Gasteiger partial charge in [0.05, 0.1) is 0 Å². The monoisotopic (exact) mass is 406 g/mol. The van der Waals surface area contributed by atoms with Crippen LogP contribution in [-0.2, 0) is 27.3 Å². The molecular weight excluding hydrogens is 385 g/mol. The van der Waals surface area contributed by atoms with Crippen molar-refractivity contribution in [2.75, 3.05) is 0 Å². The number of allylic oxidation sites excluding steroid dienone is 4. The van der Waals surface area contributed by atoms with E-state index in [1.54, 1.807) is 0 Å². The molecule has 2 aromatic carbocycles. The molecule has 25 heavy (non-hydrogen) atoms. The summed E-state index contributed by atoms with van der Waals surface area (Å²) in [4.78, 5) is 0. The number of nitrogens with zero attached hydrogens (tertiary/aromatic N) is 1. The fraction of sp³-hybridized carbons (Fsp3) is 0.238. The number of benzene rings is 2. The first-order valence-electron chi connectivity index (χ1n) is 7.82. The van der Waals surface area contributed by atoms with Crippen LogP contribution in [0, 0.1) is 0 Å². The molecule has 1 nitrogen and oxygen atoms in total. The molecule has 0 spiro atoms. The van der Waals surface area contributed by atoms with Crippen LogP contribution in [0.3, 0.4) is 0 Å². The average Bonchev–Trinajstić information content (AvgIpc) is 2.94. The van der Waals surface area contributed by atoms with Crippen LogP contribution in [0.5, 0.6) is 0 Å². The fourth-order valence-corrected chi connectivity index (χ4v) is 3.10. The predicted octanol–water partition coefficient (Wildman–Crippen LogP) is 0.366. The Bertz CT molecular complexity index is 737. The van der Waals surface area contributed by atoms with Gasteiger partial charge in [0, 0.05) is 0 Å². The minimum absolute atomic E-state index is 0. The van der Waals surface area contributed by atoms with Gasteiger partial charge in [0.2, 0.25) is 0 Å². The molecule has 0 heterocycles. The van der Waals surface area contributed by atoms with Crippen molar-refractivity contribution in [3.05, 3.63) is 88.8 Å². The van der Waals surface area contributed by atoms with Crippen LogP contribution in [0.25, 0.3) is 10.9 Å². The summed E-state index contributed by atoms with van der Waals surface area (Å²) < 4.78 is 0. The summed E-state index contributed by atoms with van der Waals surface area (Å²) >= 11 is 0. The van der Waals surface area contributed by atoms with Gasteiger partial charge in [0.15, 0.2) is 0 Å². The van der Waals surface area contributed by atoms with Gasteiger partial charge < -0.3 is 30.1 Å². The number of para-hydroxylation sites is 1. The van der Waals surface area contributed by atoms with Crippen LogP contribution < -0.4 is 24.8 Å². The third-order valence-corrected chi connectivity index (χ3v) is 4.24. The van der Waals surface area contributed by atoms with Gasteiger partial charge in [-0.15, -0.1) is 5.69 Å². The topological polar surface area (TPSA) is 14.1 Å². The molecule has 0 aliphatic heterocycles. The number of hydrogen-bond acceptors (Lipinski definition) is 0. The van der Waals surface area contributed by atoms with Crippen molar-refractivity contribution < 1.29 is 46.5 Å². The van der Waals surface area contributed by atoms with Gasteiger partial charge >= 0.3 is 21.7 Å². The van der Waals surface area contributed by atoms with Crippen molar-refractivity contribution in [2.24, 2.45) is 0 Å². The molecule has 129 valence electrons. The molecule has 1 aliphatic carbocycles. The average molecular weight is 407 g/mol. The van der Waals surface area contributed by atoms with E-state index in [2.05, 4.69) is 69.3 Å². The van der Waals surface area contributed by atoms with Crippen molar-refractivity contribution >= 4 is 11.3 Å². The van der Waals surface area contributed by atoms with Crippen LogP contribution in [0.2, 0.25) is 0 Å². The van der Waals surface area contributed by atoms with Gasteiger partial charge in [0.1, 0.15) is 0 Å². The van der Waals surface area contributed by atoms with E-state index in [4.69, 9.17) is 5.32 Å². The summed E-state index contributed by atoms with van der Waals surface area (Å²) in [5.41, 5.74) is 6.17. The molecule has 0 aromatic heterocycles. The van der Waals surface area contributed by atoms with Crippen molar-refractivity contribution in [3.8, 4) is 0 Å². The molecule has 0 fully saturated rings. The first-order chi connectivity index (χ1) is 10.6. The molecule has 3 rings (SSSR count). The van der Waals surface area contributed by atoms with Crippen LogP contribution >= 0.6 is 0 Å². The summed E-state index contributed by atoms with van der Waals surface area (Å²) in [5, 5.41) is 4.98. The molecule has 0 saturated heterocycles. The van der Waals surface area contributed by atoms with Crippen LogP contribution in [0.4, 0.5) is 5.69 Å². The predicted molar refractivity (Wildman–Crippen MR) is 95.3 cm³/mol. The molecule has 0 bridgehead atoms. The van der Waals surface area contributed by atoms with Crippen LogP contribution in [-0.4, -0.2) is 0 Å². The van der Waals surface area contributed by atoms with Crippen molar-refractivity contribution in [2.45, 2.75) is 32.7 Å². The van der Waals surface area contributed by atoms with Crippen LogP contribution in [0.1, 0.15) is 38.3 Å². The second-order valence-corrected chi connectivity index (χ2v) is 6.32. The smallest absolute Gasteiger partial charge is 1.00 e. The van der Waals surface area contributed by atoms with Gasteiger partial charge in [-0.2, -0.15) is 0 Å². The number of halogens is 2. The Morgan fingerprint density at radius 1 is 0.880 bits per heavy atom. The second kappa shape index (κ2) is 10.2. The molecule has 0 atom stereocenters. The van der Waals surface area contributed by atoms with Gasteiger partial charge in [-0.1, -0.05) is 91.7 Å². The van der Waals surface area contributed by atoms with E-state index in [9.17, 15) is 0 Å². The first-order valence-corrected chi connectivity index (χ1v) is 7.82. The summed E-state index contributed by atoms with van der Waals surface area (Å²) in [7, 11) is 0. The molecule has 0 amide bonds. The first kappa shape index (κ1) is 24.0. The zero-order chi connectivity index (χ0) is 15.6. The Balaban J connectivity index is 0.00000192. The molecule has 1 radical (unpaired) electrons. The van der Waals surface area contributed by atoms with Crippen molar-refractivity contribution in [1.29, 1.82) is 0 Å². The summed E-state index contributed by atoms with van der Waals surface area (Å²) in [6, 6.07) is 18.9. The maximum absolute atomic E-state index is 4.98. The second-order valence-electron chi connectivity index (χ2n) is 6.32. The maximum atomic E-state index is 4.98. The maximum Gasteiger partial charge on any atom is 3.00 e. The number of rotatable bonds is 4. The van der Waals surface area contributed by atoms with Crippen molar-refractivity contribution in [3.63, 3.8) is 0 Å². The standard InChI is InChI=1S/C21H22N.2ClH.Ti/c1-16-10-9-14-18(16)19-13-7-8-15-20(19)21(2,3)22-17-11-5-4-6-12-17;;;/h4-13,15H,14H2,1-3H3;2*1H;/q-1;;;+3/p-2. The van der Waals surface area contributed by atoms with E-state index in [-0.39, 0.29) is 52.1 Å². The minimum Gasteiger partial charge on any atom is -1.00 e. The Labute approximate surface area is 178 Å². The molecule has 0 unspecified atom stereocenters. The third-order valence-electron chi connectivity index (χ3n) is 4.24. The third kappa shape index (κ3) is 5.49.